The van der Waals surface area contributed by atoms with Gasteiger partial charge in [0.25, 0.3) is 0 Å². The Kier molecular flexibility index (Phi) is 4.17. The molecule has 0 radical (unpaired) electrons. The number of aryl methyl sites for hydroxylation is 1. The molecule has 1 aliphatic carbocycles. The summed E-state index contributed by atoms with van der Waals surface area (Å²) in [6.45, 7) is 0. The van der Waals surface area contributed by atoms with Crippen LogP contribution in [0.5, 0.6) is 0 Å². The lowest BCUT2D eigenvalue weighted by molar-refractivity contribution is 0.247. The van der Waals surface area contributed by atoms with E-state index in [1.807, 2.05) is 30.3 Å². The van der Waals surface area contributed by atoms with Gasteiger partial charge in [0.2, 0.25) is 0 Å². The van der Waals surface area contributed by atoms with Gasteiger partial charge in [-0.15, -0.1) is 11.3 Å². The molecule has 1 aromatic heterocycles. The number of thiophene rings is 1. The van der Waals surface area contributed by atoms with Gasteiger partial charge >= 0.3 is 6.03 Å². The summed E-state index contributed by atoms with van der Waals surface area (Å²) >= 11 is 7.89. The second-order valence-electron chi connectivity index (χ2n) is 5.98. The van der Waals surface area contributed by atoms with Crippen molar-refractivity contribution < 1.29 is 4.79 Å². The van der Waals surface area contributed by atoms with Crippen LogP contribution in [-0.2, 0) is 6.42 Å². The zero-order valence-electron chi connectivity index (χ0n) is 13.0. The molecule has 5 heteroatoms. The number of carbonyl (C=O) groups is 1. The molecular formula is C19H17ClN2OS. The van der Waals surface area contributed by atoms with Crippen molar-refractivity contribution in [1.82, 2.24) is 5.32 Å². The first-order valence-electron chi connectivity index (χ1n) is 8.05. The van der Waals surface area contributed by atoms with Crippen molar-refractivity contribution in [1.29, 1.82) is 0 Å². The Labute approximate surface area is 149 Å². The number of nitrogens with one attached hydrogen (secondary N) is 2. The Morgan fingerprint density at radius 1 is 1.12 bits per heavy atom. The fourth-order valence-electron chi connectivity index (χ4n) is 3.30. The van der Waals surface area contributed by atoms with Crippen molar-refractivity contribution in [3.8, 4) is 0 Å². The minimum Gasteiger partial charge on any atom is -0.331 e. The number of rotatable bonds is 2. The van der Waals surface area contributed by atoms with Gasteiger partial charge in [-0.2, -0.15) is 0 Å². The number of fused-ring (bicyclic) bond motifs is 2. The third-order valence-electron chi connectivity index (χ3n) is 4.44. The standard InChI is InChI=1S/C19H17ClN2OS/c20-17-14-9-3-4-11-16(14)24-18(17)22-19(23)21-15-10-5-7-12-6-1-2-8-13(12)15/h1-4,6,8-9,11,15H,5,7,10H2,(H2,21,22,23). The van der Waals surface area contributed by atoms with Crippen LogP contribution in [-0.4, -0.2) is 6.03 Å². The van der Waals surface area contributed by atoms with Crippen LogP contribution >= 0.6 is 22.9 Å². The van der Waals surface area contributed by atoms with Gasteiger partial charge in [-0.1, -0.05) is 54.1 Å². The zero-order chi connectivity index (χ0) is 16.5. The molecule has 1 heterocycles. The largest absolute Gasteiger partial charge is 0.331 e. The maximum atomic E-state index is 12.4. The van der Waals surface area contributed by atoms with Crippen molar-refractivity contribution in [3.05, 3.63) is 64.7 Å². The maximum Gasteiger partial charge on any atom is 0.320 e. The average molecular weight is 357 g/mol. The SMILES string of the molecule is O=C(Nc1sc2ccccc2c1Cl)NC1CCCc2ccccc21. The lowest BCUT2D eigenvalue weighted by atomic mass is 9.88. The molecule has 2 N–H and O–H groups in total. The number of amides is 2. The van der Waals surface area contributed by atoms with Crippen LogP contribution in [0.1, 0.15) is 30.0 Å². The second-order valence-corrected chi connectivity index (χ2v) is 7.41. The average Bonchev–Trinajstić information content (AvgIpc) is 2.91. The summed E-state index contributed by atoms with van der Waals surface area (Å²) in [7, 11) is 0. The van der Waals surface area contributed by atoms with E-state index in [0.29, 0.717) is 10.0 Å². The summed E-state index contributed by atoms with van der Waals surface area (Å²) in [5, 5.41) is 8.28. The molecule has 1 atom stereocenters. The summed E-state index contributed by atoms with van der Waals surface area (Å²) in [5.74, 6) is 0. The van der Waals surface area contributed by atoms with E-state index in [-0.39, 0.29) is 12.1 Å². The predicted molar refractivity (Wildman–Crippen MR) is 101 cm³/mol. The van der Waals surface area contributed by atoms with Crippen molar-refractivity contribution in [3.63, 3.8) is 0 Å². The molecule has 0 spiro atoms. The molecule has 1 aliphatic rings. The molecule has 0 fully saturated rings. The number of anilines is 1. The van der Waals surface area contributed by atoms with Gasteiger partial charge in [0, 0.05) is 10.1 Å². The van der Waals surface area contributed by atoms with Crippen LogP contribution < -0.4 is 10.6 Å². The minimum absolute atomic E-state index is 0.0584. The highest BCUT2D eigenvalue weighted by atomic mass is 35.5. The lowest BCUT2D eigenvalue weighted by Gasteiger charge is -2.26. The van der Waals surface area contributed by atoms with E-state index in [1.54, 1.807) is 0 Å². The topological polar surface area (TPSA) is 41.1 Å². The van der Waals surface area contributed by atoms with E-state index < -0.39 is 0 Å². The van der Waals surface area contributed by atoms with Crippen molar-refractivity contribution >= 4 is 44.1 Å². The quantitative estimate of drug-likeness (QED) is 0.602. The van der Waals surface area contributed by atoms with E-state index in [0.717, 1.165) is 29.3 Å². The third-order valence-corrected chi connectivity index (χ3v) is 6.03. The summed E-state index contributed by atoms with van der Waals surface area (Å²) in [6, 6.07) is 16.1. The van der Waals surface area contributed by atoms with Crippen LogP contribution in [0.2, 0.25) is 5.02 Å². The van der Waals surface area contributed by atoms with E-state index in [9.17, 15) is 4.79 Å². The molecule has 0 bridgehead atoms. The van der Waals surface area contributed by atoms with Gasteiger partial charge in [-0.3, -0.25) is 5.32 Å². The van der Waals surface area contributed by atoms with Crippen LogP contribution in [0.15, 0.2) is 48.5 Å². The van der Waals surface area contributed by atoms with Gasteiger partial charge in [0.15, 0.2) is 0 Å². The summed E-state index contributed by atoms with van der Waals surface area (Å²) in [6.07, 6.45) is 3.13. The highest BCUT2D eigenvalue weighted by molar-refractivity contribution is 7.23. The molecule has 24 heavy (non-hydrogen) atoms. The fraction of sp³-hybridized carbons (Fsp3) is 0.211. The number of hydrogen-bond donors (Lipinski definition) is 2. The van der Waals surface area contributed by atoms with Crippen molar-refractivity contribution in [2.75, 3.05) is 5.32 Å². The molecule has 0 aliphatic heterocycles. The maximum absolute atomic E-state index is 12.4. The number of halogens is 1. The first-order valence-corrected chi connectivity index (χ1v) is 9.24. The lowest BCUT2D eigenvalue weighted by Crippen LogP contribution is -2.34. The molecule has 0 saturated heterocycles. The van der Waals surface area contributed by atoms with Gasteiger partial charge in [0.05, 0.1) is 11.1 Å². The number of carbonyl (C=O) groups excluding carboxylic acids is 1. The molecule has 3 aromatic rings. The van der Waals surface area contributed by atoms with E-state index >= 15 is 0 Å². The first kappa shape index (κ1) is 15.5. The summed E-state index contributed by atoms with van der Waals surface area (Å²) in [5.41, 5.74) is 2.55. The van der Waals surface area contributed by atoms with Gasteiger partial charge in [-0.25, -0.2) is 4.79 Å². The Morgan fingerprint density at radius 2 is 1.92 bits per heavy atom. The summed E-state index contributed by atoms with van der Waals surface area (Å²) < 4.78 is 1.07. The highest BCUT2D eigenvalue weighted by Gasteiger charge is 2.22. The number of benzene rings is 2. The molecule has 2 aromatic carbocycles. The molecular weight excluding hydrogens is 340 g/mol. The molecule has 2 amide bonds. The molecule has 4 rings (SSSR count). The van der Waals surface area contributed by atoms with Crippen LogP contribution in [0.3, 0.4) is 0 Å². The summed E-state index contributed by atoms with van der Waals surface area (Å²) in [4.78, 5) is 12.4. The monoisotopic (exact) mass is 356 g/mol. The van der Waals surface area contributed by atoms with E-state index in [1.165, 1.54) is 22.5 Å². The Hall–Kier alpha value is -2.04. The van der Waals surface area contributed by atoms with Crippen LogP contribution in [0.4, 0.5) is 9.80 Å². The van der Waals surface area contributed by atoms with E-state index in [2.05, 4.69) is 28.8 Å². The smallest absolute Gasteiger partial charge is 0.320 e. The van der Waals surface area contributed by atoms with Gasteiger partial charge in [0.1, 0.15) is 5.00 Å². The van der Waals surface area contributed by atoms with E-state index in [4.69, 9.17) is 11.6 Å². The van der Waals surface area contributed by atoms with Gasteiger partial charge in [-0.05, 0) is 36.5 Å². The minimum atomic E-state index is -0.204. The highest BCUT2D eigenvalue weighted by Crippen LogP contribution is 2.39. The molecule has 122 valence electrons. The molecule has 0 saturated carbocycles. The van der Waals surface area contributed by atoms with Crippen molar-refractivity contribution in [2.24, 2.45) is 0 Å². The zero-order valence-corrected chi connectivity index (χ0v) is 14.6. The Balaban J connectivity index is 1.52. The number of urea groups is 1. The normalized spacial score (nSPS) is 16.6. The fourth-order valence-corrected chi connectivity index (χ4v) is 4.67. The van der Waals surface area contributed by atoms with Crippen LogP contribution in [0.25, 0.3) is 10.1 Å². The number of hydrogen-bond acceptors (Lipinski definition) is 2. The molecule has 3 nitrogen and oxygen atoms in total. The predicted octanol–water partition coefficient (Wildman–Crippen LogP) is 5.75. The Bertz CT molecular complexity index is 905. The molecule has 1 unspecified atom stereocenters. The van der Waals surface area contributed by atoms with Crippen LogP contribution in [0, 0.1) is 0 Å². The van der Waals surface area contributed by atoms with Gasteiger partial charge < -0.3 is 5.32 Å². The first-order chi connectivity index (χ1) is 11.7. The second kappa shape index (κ2) is 6.46. The Morgan fingerprint density at radius 3 is 2.79 bits per heavy atom. The third kappa shape index (κ3) is 2.87. The van der Waals surface area contributed by atoms with Crippen molar-refractivity contribution in [2.45, 2.75) is 25.3 Å².